The van der Waals surface area contributed by atoms with E-state index in [0.29, 0.717) is 22.7 Å². The van der Waals surface area contributed by atoms with E-state index in [-0.39, 0.29) is 11.2 Å². The fraction of sp³-hybridized carbons (Fsp3) is 0.357. The van der Waals surface area contributed by atoms with Gasteiger partial charge in [-0.3, -0.25) is 5.10 Å². The van der Waals surface area contributed by atoms with Crippen LogP contribution in [0, 0.1) is 0 Å². The van der Waals surface area contributed by atoms with Crippen molar-refractivity contribution in [2.45, 2.75) is 26.2 Å². The molecule has 0 amide bonds. The van der Waals surface area contributed by atoms with Crippen LogP contribution in [-0.2, 0) is 5.41 Å². The van der Waals surface area contributed by atoms with Crippen LogP contribution in [0.25, 0.3) is 11.1 Å². The Morgan fingerprint density at radius 2 is 1.95 bits per heavy atom. The van der Waals surface area contributed by atoms with Crippen molar-refractivity contribution in [3.8, 4) is 22.6 Å². The summed E-state index contributed by atoms with van der Waals surface area (Å²) in [6, 6.07) is 3.60. The van der Waals surface area contributed by atoms with Crippen LogP contribution in [0.2, 0.25) is 0 Å². The first-order valence-corrected chi connectivity index (χ1v) is 6.05. The number of aromatic nitrogens is 2. The third kappa shape index (κ3) is 2.36. The number of nitrogens with two attached hydrogens (primary N) is 1. The topological polar surface area (TPSA) is 84.2 Å². The van der Waals surface area contributed by atoms with Crippen molar-refractivity contribution in [2.75, 3.05) is 12.8 Å². The largest absolute Gasteiger partial charge is 0.507 e. The summed E-state index contributed by atoms with van der Waals surface area (Å²) in [5.41, 5.74) is 7.72. The van der Waals surface area contributed by atoms with Gasteiger partial charge >= 0.3 is 0 Å². The number of aromatic hydroxyl groups is 1. The fourth-order valence-corrected chi connectivity index (χ4v) is 2.01. The quantitative estimate of drug-likeness (QED) is 0.776. The van der Waals surface area contributed by atoms with Crippen molar-refractivity contribution in [3.05, 3.63) is 23.9 Å². The summed E-state index contributed by atoms with van der Waals surface area (Å²) in [5.74, 6) is 1.31. The summed E-state index contributed by atoms with van der Waals surface area (Å²) in [6.45, 7) is 6.10. The maximum Gasteiger partial charge on any atom is 0.127 e. The highest BCUT2D eigenvalue weighted by molar-refractivity contribution is 5.80. The van der Waals surface area contributed by atoms with Gasteiger partial charge in [-0.15, -0.1) is 0 Å². The van der Waals surface area contributed by atoms with E-state index >= 15 is 0 Å². The Morgan fingerprint density at radius 1 is 1.26 bits per heavy atom. The number of anilines is 1. The van der Waals surface area contributed by atoms with Gasteiger partial charge in [-0.1, -0.05) is 20.8 Å². The lowest BCUT2D eigenvalue weighted by Crippen LogP contribution is -2.12. The van der Waals surface area contributed by atoms with E-state index in [9.17, 15) is 5.11 Å². The van der Waals surface area contributed by atoms with Gasteiger partial charge in [0.05, 0.1) is 13.3 Å². The zero-order valence-corrected chi connectivity index (χ0v) is 11.6. The number of benzene rings is 1. The van der Waals surface area contributed by atoms with Crippen LogP contribution in [-0.4, -0.2) is 22.4 Å². The molecule has 1 aromatic heterocycles. The number of nitrogens with one attached hydrogen (secondary N) is 1. The number of ether oxygens (including phenoxy) is 1. The molecule has 19 heavy (non-hydrogen) atoms. The lowest BCUT2D eigenvalue weighted by atomic mass is 9.84. The molecule has 0 spiro atoms. The van der Waals surface area contributed by atoms with E-state index in [1.165, 1.54) is 0 Å². The van der Waals surface area contributed by atoms with Gasteiger partial charge in [0.2, 0.25) is 0 Å². The van der Waals surface area contributed by atoms with E-state index < -0.39 is 0 Å². The van der Waals surface area contributed by atoms with Gasteiger partial charge in [0.15, 0.2) is 0 Å². The van der Waals surface area contributed by atoms with Crippen LogP contribution in [0.1, 0.15) is 26.3 Å². The molecule has 102 valence electrons. The van der Waals surface area contributed by atoms with Crippen LogP contribution < -0.4 is 10.5 Å². The van der Waals surface area contributed by atoms with Crippen molar-refractivity contribution >= 4 is 5.82 Å². The predicted molar refractivity (Wildman–Crippen MR) is 75.4 cm³/mol. The van der Waals surface area contributed by atoms with Crippen molar-refractivity contribution in [3.63, 3.8) is 0 Å². The molecule has 0 bridgehead atoms. The van der Waals surface area contributed by atoms with Crippen molar-refractivity contribution in [1.82, 2.24) is 10.2 Å². The molecule has 0 aliphatic rings. The number of nitrogen functional groups attached to an aromatic ring is 1. The second-order valence-electron chi connectivity index (χ2n) is 5.52. The second-order valence-corrected chi connectivity index (χ2v) is 5.52. The zero-order valence-electron chi connectivity index (χ0n) is 11.6. The molecule has 0 aliphatic carbocycles. The minimum Gasteiger partial charge on any atom is -0.507 e. The SMILES string of the molecule is COc1cc(-c2cn[nH]c2N)c(O)c(C(C)(C)C)c1. The smallest absolute Gasteiger partial charge is 0.127 e. The first-order chi connectivity index (χ1) is 8.84. The van der Waals surface area contributed by atoms with Gasteiger partial charge in [-0.2, -0.15) is 5.10 Å². The predicted octanol–water partition coefficient (Wildman–Crippen LogP) is 2.67. The Morgan fingerprint density at radius 3 is 2.42 bits per heavy atom. The number of methoxy groups -OCH3 is 1. The van der Waals surface area contributed by atoms with Crippen LogP contribution in [0.15, 0.2) is 18.3 Å². The number of phenols is 1. The molecule has 1 heterocycles. The Labute approximate surface area is 112 Å². The summed E-state index contributed by atoms with van der Waals surface area (Å²) in [7, 11) is 1.60. The molecule has 1 aromatic carbocycles. The van der Waals surface area contributed by atoms with E-state index in [0.717, 1.165) is 5.56 Å². The molecule has 0 saturated heterocycles. The number of hydrogen-bond acceptors (Lipinski definition) is 4. The van der Waals surface area contributed by atoms with Gasteiger partial charge in [-0.25, -0.2) is 0 Å². The maximum absolute atomic E-state index is 10.5. The molecule has 0 saturated carbocycles. The van der Waals surface area contributed by atoms with Gasteiger partial charge in [0.25, 0.3) is 0 Å². The second kappa shape index (κ2) is 4.50. The molecule has 4 N–H and O–H groups in total. The number of phenolic OH excluding ortho intramolecular Hbond substituents is 1. The van der Waals surface area contributed by atoms with Gasteiger partial charge < -0.3 is 15.6 Å². The zero-order chi connectivity index (χ0) is 14.2. The Balaban J connectivity index is 2.71. The fourth-order valence-electron chi connectivity index (χ4n) is 2.01. The number of aromatic amines is 1. The van der Waals surface area contributed by atoms with Gasteiger partial charge in [-0.05, 0) is 17.5 Å². The monoisotopic (exact) mass is 261 g/mol. The summed E-state index contributed by atoms with van der Waals surface area (Å²) < 4.78 is 5.30. The number of H-pyrrole nitrogens is 1. The lowest BCUT2D eigenvalue weighted by molar-refractivity contribution is 0.406. The molecule has 5 nitrogen and oxygen atoms in total. The van der Waals surface area contributed by atoms with Crippen LogP contribution in [0.5, 0.6) is 11.5 Å². The summed E-state index contributed by atoms with van der Waals surface area (Å²) in [4.78, 5) is 0. The van der Waals surface area contributed by atoms with E-state index in [1.807, 2.05) is 26.8 Å². The van der Waals surface area contributed by atoms with Crippen LogP contribution >= 0.6 is 0 Å². The van der Waals surface area contributed by atoms with E-state index in [4.69, 9.17) is 10.5 Å². The third-order valence-corrected chi connectivity index (χ3v) is 3.09. The number of hydrogen-bond donors (Lipinski definition) is 3. The molecule has 5 heteroatoms. The molecular weight excluding hydrogens is 242 g/mol. The van der Waals surface area contributed by atoms with Gasteiger partial charge in [0.1, 0.15) is 17.3 Å². The number of rotatable bonds is 2. The normalized spacial score (nSPS) is 11.6. The molecule has 0 atom stereocenters. The molecule has 0 unspecified atom stereocenters. The average molecular weight is 261 g/mol. The molecular formula is C14H19N3O2. The Bertz CT molecular complexity index is 597. The van der Waals surface area contributed by atoms with Crippen LogP contribution in [0.4, 0.5) is 5.82 Å². The minimum atomic E-state index is -0.203. The average Bonchev–Trinajstić information content (AvgIpc) is 2.74. The van der Waals surface area contributed by atoms with E-state index in [1.54, 1.807) is 19.4 Å². The Hall–Kier alpha value is -2.17. The standard InChI is InChI=1S/C14H19N3O2/c1-14(2,3)11-6-8(19-4)5-9(12(11)18)10-7-16-17-13(10)15/h5-7,18H,1-4H3,(H3,15,16,17). The lowest BCUT2D eigenvalue weighted by Gasteiger charge is -2.23. The van der Waals surface area contributed by atoms with E-state index in [2.05, 4.69) is 10.2 Å². The summed E-state index contributed by atoms with van der Waals surface area (Å²) in [6.07, 6.45) is 1.59. The molecule has 2 aromatic rings. The first-order valence-electron chi connectivity index (χ1n) is 6.05. The number of nitrogens with zero attached hydrogens (tertiary/aromatic N) is 1. The third-order valence-electron chi connectivity index (χ3n) is 3.09. The summed E-state index contributed by atoms with van der Waals surface area (Å²) >= 11 is 0. The highest BCUT2D eigenvalue weighted by Gasteiger charge is 2.23. The maximum atomic E-state index is 10.5. The highest BCUT2D eigenvalue weighted by Crippen LogP contribution is 2.42. The molecule has 0 radical (unpaired) electrons. The van der Waals surface area contributed by atoms with Crippen molar-refractivity contribution < 1.29 is 9.84 Å². The van der Waals surface area contributed by atoms with Crippen molar-refractivity contribution in [1.29, 1.82) is 0 Å². The van der Waals surface area contributed by atoms with Crippen molar-refractivity contribution in [2.24, 2.45) is 0 Å². The van der Waals surface area contributed by atoms with Gasteiger partial charge in [0, 0.05) is 16.7 Å². The summed E-state index contributed by atoms with van der Waals surface area (Å²) in [5, 5.41) is 17.0. The highest BCUT2D eigenvalue weighted by atomic mass is 16.5. The minimum absolute atomic E-state index is 0.203. The van der Waals surface area contributed by atoms with Crippen LogP contribution in [0.3, 0.4) is 0 Å². The molecule has 0 fully saturated rings. The molecule has 2 rings (SSSR count). The Kier molecular flexibility index (Phi) is 3.14. The first kappa shape index (κ1) is 13.3. The molecule has 0 aliphatic heterocycles.